The molecular weight excluding hydrogens is 464 g/mol. The van der Waals surface area contributed by atoms with Crippen molar-refractivity contribution in [2.24, 2.45) is 0 Å². The van der Waals surface area contributed by atoms with Crippen LogP contribution >= 0.6 is 11.6 Å². The molecule has 0 aliphatic carbocycles. The van der Waals surface area contributed by atoms with Crippen molar-refractivity contribution in [3.63, 3.8) is 0 Å². The zero-order chi connectivity index (χ0) is 24.8. The minimum Gasteiger partial charge on any atom is -0.507 e. The summed E-state index contributed by atoms with van der Waals surface area (Å²) < 4.78 is 5.75. The molecule has 1 unspecified atom stereocenters. The van der Waals surface area contributed by atoms with Gasteiger partial charge in [0, 0.05) is 16.8 Å². The monoisotopic (exact) mass is 490 g/mol. The third kappa shape index (κ3) is 5.54. The van der Waals surface area contributed by atoms with Gasteiger partial charge in [0.1, 0.15) is 11.5 Å². The maximum Gasteiger partial charge on any atom is 0.296 e. The van der Waals surface area contributed by atoms with Crippen LogP contribution in [-0.4, -0.2) is 33.3 Å². The highest BCUT2D eigenvalue weighted by Crippen LogP contribution is 2.40. The van der Waals surface area contributed by atoms with Crippen molar-refractivity contribution in [1.29, 1.82) is 0 Å². The lowest BCUT2D eigenvalue weighted by atomic mass is 9.95. The fourth-order valence-corrected chi connectivity index (χ4v) is 4.23. The number of aliphatic hydroxyl groups is 1. The van der Waals surface area contributed by atoms with Gasteiger partial charge in [-0.1, -0.05) is 49.6 Å². The molecule has 35 heavy (non-hydrogen) atoms. The van der Waals surface area contributed by atoms with Gasteiger partial charge in [-0.25, -0.2) is 0 Å². The topological polar surface area (TPSA) is 79.7 Å². The van der Waals surface area contributed by atoms with Gasteiger partial charge in [0.2, 0.25) is 0 Å². The molecule has 4 rings (SSSR count). The molecule has 7 heteroatoms. The first kappa shape index (κ1) is 24.5. The van der Waals surface area contributed by atoms with E-state index in [0.29, 0.717) is 34.2 Å². The Morgan fingerprint density at radius 1 is 1.03 bits per heavy atom. The van der Waals surface area contributed by atoms with E-state index in [-0.39, 0.29) is 17.9 Å². The van der Waals surface area contributed by atoms with Crippen LogP contribution in [0.3, 0.4) is 0 Å². The molecule has 0 spiro atoms. The summed E-state index contributed by atoms with van der Waals surface area (Å²) in [6.45, 7) is 2.88. The van der Waals surface area contributed by atoms with Gasteiger partial charge in [-0.2, -0.15) is 0 Å². The summed E-state index contributed by atoms with van der Waals surface area (Å²) >= 11 is 6.07. The number of ether oxygens (including phenoxy) is 1. The molecule has 0 radical (unpaired) electrons. The number of rotatable bonds is 9. The van der Waals surface area contributed by atoms with Crippen LogP contribution in [0.2, 0.25) is 5.02 Å². The first-order valence-electron chi connectivity index (χ1n) is 11.7. The van der Waals surface area contributed by atoms with Crippen molar-refractivity contribution in [2.45, 2.75) is 38.8 Å². The number of ketones is 1. The van der Waals surface area contributed by atoms with Crippen molar-refractivity contribution >= 4 is 29.1 Å². The molecule has 6 nitrogen and oxygen atoms in total. The smallest absolute Gasteiger partial charge is 0.296 e. The van der Waals surface area contributed by atoms with E-state index in [1.165, 1.54) is 4.90 Å². The Morgan fingerprint density at radius 3 is 2.43 bits per heavy atom. The summed E-state index contributed by atoms with van der Waals surface area (Å²) in [6, 6.07) is 18.4. The van der Waals surface area contributed by atoms with Gasteiger partial charge < -0.3 is 14.7 Å². The number of unbranched alkanes of at least 4 members (excludes halogenated alkanes) is 2. The Morgan fingerprint density at radius 2 is 1.77 bits per heavy atom. The molecule has 3 aromatic rings. The molecule has 1 fully saturated rings. The molecule has 1 N–H and O–H groups in total. The Bertz CT molecular complexity index is 1210. The van der Waals surface area contributed by atoms with Crippen molar-refractivity contribution in [2.75, 3.05) is 6.61 Å². The highest BCUT2D eigenvalue weighted by molar-refractivity contribution is 6.46. The average Bonchev–Trinajstić information content (AvgIpc) is 3.12. The molecule has 1 amide bonds. The second-order valence-electron chi connectivity index (χ2n) is 8.38. The Balaban J connectivity index is 1.69. The van der Waals surface area contributed by atoms with Gasteiger partial charge in [0.25, 0.3) is 11.7 Å². The van der Waals surface area contributed by atoms with Crippen LogP contribution in [0, 0.1) is 0 Å². The zero-order valence-corrected chi connectivity index (χ0v) is 20.2. The summed E-state index contributed by atoms with van der Waals surface area (Å²) in [6.07, 6.45) is 4.82. The molecule has 1 aromatic heterocycles. The third-order valence-electron chi connectivity index (χ3n) is 5.93. The van der Waals surface area contributed by atoms with E-state index in [0.717, 1.165) is 19.3 Å². The summed E-state index contributed by atoms with van der Waals surface area (Å²) in [5.41, 5.74) is 1.77. The van der Waals surface area contributed by atoms with Gasteiger partial charge in [0.05, 0.1) is 30.5 Å². The predicted molar refractivity (Wildman–Crippen MR) is 135 cm³/mol. The van der Waals surface area contributed by atoms with Crippen LogP contribution in [0.4, 0.5) is 0 Å². The number of likely N-dealkylation sites (tertiary alicyclic amines) is 1. The first-order valence-corrected chi connectivity index (χ1v) is 12.0. The number of carbonyl (C=O) groups is 2. The number of carbonyl (C=O) groups excluding carboxylic acids is 2. The molecular formula is C28H27ClN2O4. The van der Waals surface area contributed by atoms with Crippen LogP contribution in [-0.2, 0) is 16.1 Å². The van der Waals surface area contributed by atoms with E-state index >= 15 is 0 Å². The minimum absolute atomic E-state index is 0.0323. The molecule has 1 atom stereocenters. The highest BCUT2D eigenvalue weighted by Gasteiger charge is 2.46. The lowest BCUT2D eigenvalue weighted by Crippen LogP contribution is -2.29. The quantitative estimate of drug-likeness (QED) is 0.174. The van der Waals surface area contributed by atoms with Crippen LogP contribution < -0.4 is 4.74 Å². The first-order chi connectivity index (χ1) is 17.0. The zero-order valence-electron chi connectivity index (χ0n) is 19.5. The lowest BCUT2D eigenvalue weighted by Gasteiger charge is -2.25. The van der Waals surface area contributed by atoms with E-state index in [1.807, 2.05) is 6.07 Å². The van der Waals surface area contributed by atoms with Crippen LogP contribution in [0.5, 0.6) is 5.75 Å². The number of pyridine rings is 1. The summed E-state index contributed by atoms with van der Waals surface area (Å²) in [4.78, 5) is 32.0. The number of aliphatic hydroxyl groups excluding tert-OH is 1. The Hall–Kier alpha value is -3.64. The van der Waals surface area contributed by atoms with Gasteiger partial charge in [0.15, 0.2) is 0 Å². The maximum absolute atomic E-state index is 13.2. The molecule has 0 bridgehead atoms. The van der Waals surface area contributed by atoms with Crippen molar-refractivity contribution in [3.05, 3.63) is 100 Å². The predicted octanol–water partition coefficient (Wildman–Crippen LogP) is 5.93. The second-order valence-corrected chi connectivity index (χ2v) is 8.82. The molecule has 2 aromatic carbocycles. The second kappa shape index (κ2) is 11.2. The van der Waals surface area contributed by atoms with Crippen molar-refractivity contribution in [1.82, 2.24) is 9.88 Å². The number of benzene rings is 2. The fourth-order valence-electron chi connectivity index (χ4n) is 4.11. The van der Waals surface area contributed by atoms with Crippen molar-refractivity contribution in [3.8, 4) is 5.75 Å². The number of aromatic nitrogens is 1. The van der Waals surface area contributed by atoms with Gasteiger partial charge in [-0.15, -0.1) is 0 Å². The van der Waals surface area contributed by atoms with E-state index < -0.39 is 17.7 Å². The Labute approximate surface area is 209 Å². The minimum atomic E-state index is -0.778. The molecule has 1 saturated heterocycles. The van der Waals surface area contributed by atoms with Crippen LogP contribution in [0.25, 0.3) is 5.76 Å². The van der Waals surface area contributed by atoms with E-state index in [2.05, 4.69) is 11.9 Å². The number of nitrogens with zero attached hydrogens (tertiary/aromatic N) is 2. The lowest BCUT2D eigenvalue weighted by molar-refractivity contribution is -0.140. The number of hydrogen-bond acceptors (Lipinski definition) is 5. The van der Waals surface area contributed by atoms with E-state index in [9.17, 15) is 14.7 Å². The normalized spacial score (nSPS) is 17.1. The molecule has 1 aliphatic rings. The molecule has 2 heterocycles. The van der Waals surface area contributed by atoms with Gasteiger partial charge in [-0.05, 0) is 60.5 Å². The summed E-state index contributed by atoms with van der Waals surface area (Å²) in [5, 5.41) is 11.7. The molecule has 0 saturated carbocycles. The van der Waals surface area contributed by atoms with E-state index in [1.54, 1.807) is 66.9 Å². The molecule has 1 aliphatic heterocycles. The van der Waals surface area contributed by atoms with Crippen molar-refractivity contribution < 1.29 is 19.4 Å². The largest absolute Gasteiger partial charge is 0.507 e. The number of amides is 1. The fraction of sp³-hybridized carbons (Fsp3) is 0.250. The number of Topliss-reactive ketones (excluding diaryl/α,β-unsaturated/α-hetero) is 1. The number of hydrogen-bond donors (Lipinski definition) is 1. The van der Waals surface area contributed by atoms with Crippen LogP contribution in [0.1, 0.15) is 49.0 Å². The third-order valence-corrected chi connectivity index (χ3v) is 6.18. The summed E-state index contributed by atoms with van der Waals surface area (Å²) in [5.74, 6) is -0.974. The SMILES string of the molecule is CCCCCOc1ccc(/C(O)=C2\C(=O)C(=O)N(Cc3ccccn3)C2c2ccc(Cl)cc2)cc1. The number of halogens is 1. The van der Waals surface area contributed by atoms with Gasteiger partial charge in [-0.3, -0.25) is 14.6 Å². The maximum atomic E-state index is 13.2. The van der Waals surface area contributed by atoms with E-state index in [4.69, 9.17) is 16.3 Å². The van der Waals surface area contributed by atoms with Crippen LogP contribution in [0.15, 0.2) is 78.5 Å². The standard InChI is InChI=1S/C28H27ClN2O4/c1-2-3-6-17-35-23-14-10-20(11-15-23)26(32)24-25(19-8-12-21(29)13-9-19)31(28(34)27(24)33)18-22-7-4-5-16-30-22/h4-5,7-16,25,32H,2-3,6,17-18H2,1H3/b26-24+. The van der Waals surface area contributed by atoms with Gasteiger partial charge >= 0.3 is 0 Å². The summed E-state index contributed by atoms with van der Waals surface area (Å²) in [7, 11) is 0. The average molecular weight is 491 g/mol. The Kier molecular flexibility index (Phi) is 7.83. The molecule has 180 valence electrons. The highest BCUT2D eigenvalue weighted by atomic mass is 35.5.